The number of piperidine rings is 1. The molecule has 100 valence electrons. The lowest BCUT2D eigenvalue weighted by molar-refractivity contribution is 0.145. The zero-order chi connectivity index (χ0) is 13.1. The fourth-order valence-corrected chi connectivity index (χ4v) is 3.13. The molecular weight excluding hydrogens is 240 g/mol. The van der Waals surface area contributed by atoms with Gasteiger partial charge in [0.2, 0.25) is 0 Å². The second kappa shape index (κ2) is 5.98. The van der Waals surface area contributed by atoms with Crippen molar-refractivity contribution in [3.05, 3.63) is 24.3 Å². The Kier molecular flexibility index (Phi) is 4.57. The quantitative estimate of drug-likeness (QED) is 0.841. The number of thioether (sulfide) groups is 1. The number of nitrogens with one attached hydrogen (secondary N) is 1. The molecule has 0 radical (unpaired) electrons. The first-order chi connectivity index (χ1) is 8.60. The van der Waals surface area contributed by atoms with Crippen molar-refractivity contribution >= 4 is 17.4 Å². The lowest BCUT2D eigenvalue weighted by atomic mass is 9.89. The van der Waals surface area contributed by atoms with Gasteiger partial charge in [-0.2, -0.15) is 0 Å². The summed E-state index contributed by atoms with van der Waals surface area (Å²) in [6, 6.07) is 9.99. The summed E-state index contributed by atoms with van der Waals surface area (Å²) in [6.45, 7) is 5.85. The fraction of sp³-hybridized carbons (Fsp3) is 0.600. The van der Waals surface area contributed by atoms with E-state index in [1.54, 1.807) is 11.8 Å². The van der Waals surface area contributed by atoms with Crippen molar-refractivity contribution in [2.45, 2.75) is 37.2 Å². The molecule has 1 aromatic carbocycles. The summed E-state index contributed by atoms with van der Waals surface area (Å²) in [5, 5.41) is 3.72. The zero-order valence-corrected chi connectivity index (χ0v) is 12.6. The molecule has 18 heavy (non-hydrogen) atoms. The molecule has 0 aliphatic carbocycles. The number of hydrogen-bond acceptors (Lipinski definition) is 3. The van der Waals surface area contributed by atoms with E-state index >= 15 is 0 Å². The van der Waals surface area contributed by atoms with Crippen LogP contribution in [0.5, 0.6) is 0 Å². The molecule has 1 fully saturated rings. The molecule has 0 saturated carbocycles. The van der Waals surface area contributed by atoms with Gasteiger partial charge in [-0.3, -0.25) is 0 Å². The Morgan fingerprint density at radius 2 is 2.11 bits per heavy atom. The first-order valence-electron chi connectivity index (χ1n) is 6.71. The number of anilines is 1. The summed E-state index contributed by atoms with van der Waals surface area (Å²) in [7, 11) is 2.23. The number of hydrogen-bond donors (Lipinski definition) is 1. The first kappa shape index (κ1) is 13.8. The molecule has 3 heteroatoms. The van der Waals surface area contributed by atoms with Crippen LogP contribution in [0.25, 0.3) is 0 Å². The molecule has 3 unspecified atom stereocenters. The summed E-state index contributed by atoms with van der Waals surface area (Å²) in [5.74, 6) is 0.698. The van der Waals surface area contributed by atoms with Crippen LogP contribution in [0.2, 0.25) is 0 Å². The molecule has 0 aromatic heterocycles. The van der Waals surface area contributed by atoms with Crippen molar-refractivity contribution in [1.29, 1.82) is 0 Å². The summed E-state index contributed by atoms with van der Waals surface area (Å²) in [5.41, 5.74) is 1.26. The van der Waals surface area contributed by atoms with Gasteiger partial charge in [-0.1, -0.05) is 13.0 Å². The Bertz CT molecular complexity index is 394. The van der Waals surface area contributed by atoms with E-state index < -0.39 is 0 Å². The van der Waals surface area contributed by atoms with Crippen molar-refractivity contribution in [3.8, 4) is 0 Å². The van der Waals surface area contributed by atoms with E-state index in [1.165, 1.54) is 23.5 Å². The molecule has 1 saturated heterocycles. The van der Waals surface area contributed by atoms with E-state index in [1.807, 2.05) is 0 Å². The van der Waals surface area contributed by atoms with Gasteiger partial charge in [-0.25, -0.2) is 0 Å². The van der Waals surface area contributed by atoms with Crippen LogP contribution >= 0.6 is 11.8 Å². The topological polar surface area (TPSA) is 15.3 Å². The van der Waals surface area contributed by atoms with Gasteiger partial charge >= 0.3 is 0 Å². The van der Waals surface area contributed by atoms with Crippen molar-refractivity contribution in [3.63, 3.8) is 0 Å². The molecule has 0 amide bonds. The van der Waals surface area contributed by atoms with Crippen LogP contribution in [0.15, 0.2) is 29.2 Å². The molecular formula is C15H24N2S. The van der Waals surface area contributed by atoms with Gasteiger partial charge in [0.25, 0.3) is 0 Å². The van der Waals surface area contributed by atoms with Crippen LogP contribution in [0, 0.1) is 5.92 Å². The van der Waals surface area contributed by atoms with Crippen LogP contribution in [0.1, 0.15) is 20.3 Å². The maximum Gasteiger partial charge on any atom is 0.0353 e. The predicted octanol–water partition coefficient (Wildman–Crippen LogP) is 3.55. The van der Waals surface area contributed by atoms with Crippen LogP contribution in [0.4, 0.5) is 5.69 Å². The average molecular weight is 264 g/mol. The van der Waals surface area contributed by atoms with Gasteiger partial charge in [-0.15, -0.1) is 11.8 Å². The van der Waals surface area contributed by atoms with Crippen molar-refractivity contribution in [2.24, 2.45) is 5.92 Å². The third-order valence-electron chi connectivity index (χ3n) is 4.03. The van der Waals surface area contributed by atoms with E-state index in [-0.39, 0.29) is 0 Å². The monoisotopic (exact) mass is 264 g/mol. The van der Waals surface area contributed by atoms with Gasteiger partial charge in [0.1, 0.15) is 0 Å². The van der Waals surface area contributed by atoms with E-state index in [9.17, 15) is 0 Å². The van der Waals surface area contributed by atoms with Gasteiger partial charge in [0.15, 0.2) is 0 Å². The van der Waals surface area contributed by atoms with Crippen LogP contribution in [-0.4, -0.2) is 36.8 Å². The first-order valence-corrected chi connectivity index (χ1v) is 7.93. The number of nitrogens with zero attached hydrogens (tertiary/aromatic N) is 1. The third kappa shape index (κ3) is 3.21. The summed E-state index contributed by atoms with van der Waals surface area (Å²) in [4.78, 5) is 3.79. The number of likely N-dealkylation sites (tertiary alicyclic amines) is 1. The second-order valence-electron chi connectivity index (χ2n) is 5.48. The smallest absolute Gasteiger partial charge is 0.0353 e. The van der Waals surface area contributed by atoms with Crippen molar-refractivity contribution < 1.29 is 0 Å². The molecule has 2 nitrogen and oxygen atoms in total. The lowest BCUT2D eigenvalue weighted by Gasteiger charge is -2.40. The van der Waals surface area contributed by atoms with E-state index in [2.05, 4.69) is 61.6 Å². The summed E-state index contributed by atoms with van der Waals surface area (Å²) in [6.07, 6.45) is 3.35. The average Bonchev–Trinajstić information content (AvgIpc) is 2.36. The fourth-order valence-electron chi connectivity index (χ4n) is 2.67. The predicted molar refractivity (Wildman–Crippen MR) is 81.5 cm³/mol. The minimum Gasteiger partial charge on any atom is -0.382 e. The molecule has 2 rings (SSSR count). The van der Waals surface area contributed by atoms with Crippen LogP contribution in [0.3, 0.4) is 0 Å². The number of rotatable bonds is 3. The normalized spacial score (nSPS) is 29.2. The Morgan fingerprint density at radius 1 is 1.33 bits per heavy atom. The van der Waals surface area contributed by atoms with Gasteiger partial charge < -0.3 is 10.2 Å². The highest BCUT2D eigenvalue weighted by Crippen LogP contribution is 2.26. The molecule has 1 N–H and O–H groups in total. The SMILES string of the molecule is CSc1cccc(NC2CC(C)N(C)CC2C)c1. The molecule has 0 bridgehead atoms. The molecule has 1 heterocycles. The maximum absolute atomic E-state index is 3.72. The molecule has 0 spiro atoms. The highest BCUT2D eigenvalue weighted by molar-refractivity contribution is 7.98. The van der Waals surface area contributed by atoms with E-state index in [0.717, 1.165) is 0 Å². The highest BCUT2D eigenvalue weighted by Gasteiger charge is 2.28. The number of benzene rings is 1. The third-order valence-corrected chi connectivity index (χ3v) is 4.76. The van der Waals surface area contributed by atoms with Gasteiger partial charge in [-0.05, 0) is 50.8 Å². The Morgan fingerprint density at radius 3 is 2.83 bits per heavy atom. The van der Waals surface area contributed by atoms with E-state index in [0.29, 0.717) is 18.0 Å². The Balaban J connectivity index is 2.03. The summed E-state index contributed by atoms with van der Waals surface area (Å²) < 4.78 is 0. The van der Waals surface area contributed by atoms with Crippen molar-refractivity contribution in [2.75, 3.05) is 25.2 Å². The largest absolute Gasteiger partial charge is 0.382 e. The van der Waals surface area contributed by atoms with Crippen LogP contribution < -0.4 is 5.32 Å². The highest BCUT2D eigenvalue weighted by atomic mass is 32.2. The molecule has 1 aliphatic heterocycles. The minimum absolute atomic E-state index is 0.591. The van der Waals surface area contributed by atoms with Crippen molar-refractivity contribution in [1.82, 2.24) is 4.90 Å². The van der Waals surface area contributed by atoms with Gasteiger partial charge in [0.05, 0.1) is 0 Å². The Labute approximate surface area is 115 Å². The van der Waals surface area contributed by atoms with E-state index in [4.69, 9.17) is 0 Å². The lowest BCUT2D eigenvalue weighted by Crippen LogP contribution is -2.48. The second-order valence-corrected chi connectivity index (χ2v) is 6.36. The molecule has 1 aromatic rings. The molecule has 1 aliphatic rings. The Hall–Kier alpha value is -0.670. The summed E-state index contributed by atoms with van der Waals surface area (Å²) >= 11 is 1.80. The van der Waals surface area contributed by atoms with Gasteiger partial charge in [0, 0.05) is 29.2 Å². The maximum atomic E-state index is 3.72. The van der Waals surface area contributed by atoms with Crippen LogP contribution in [-0.2, 0) is 0 Å². The molecule has 3 atom stereocenters. The standard InChI is InChI=1S/C15H24N2S/c1-11-10-17(3)12(2)8-15(11)16-13-6-5-7-14(9-13)18-4/h5-7,9,11-12,15-16H,8,10H2,1-4H3. The minimum atomic E-state index is 0.591. The zero-order valence-electron chi connectivity index (χ0n) is 11.8.